The smallest absolute Gasteiger partial charge is 0.340 e. The van der Waals surface area contributed by atoms with E-state index in [1.807, 2.05) is 13.0 Å². The second-order valence-corrected chi connectivity index (χ2v) is 9.70. The van der Waals surface area contributed by atoms with Crippen LogP contribution in [0, 0.1) is 6.92 Å². The topological polar surface area (TPSA) is 84.3 Å². The van der Waals surface area contributed by atoms with E-state index in [-0.39, 0.29) is 17.9 Å². The third-order valence-corrected chi connectivity index (χ3v) is 7.71. The molecule has 8 nitrogen and oxygen atoms in total. The van der Waals surface area contributed by atoms with Gasteiger partial charge in [-0.3, -0.25) is 9.69 Å². The Morgan fingerprint density at radius 1 is 1.09 bits per heavy atom. The van der Waals surface area contributed by atoms with E-state index in [2.05, 4.69) is 22.2 Å². The molecule has 0 bridgehead atoms. The standard InChI is InChI=1S/C26H37N3O5/c1-18-19-8-9-21(32-3)24(33-4)23(19)34-25(31)20(18)16-22(30)27-17-26(10-6-5-7-11-26)29-14-12-28(2)13-15-29/h8-9H,5-7,10-17H2,1-4H3,(H,27,30). The van der Waals surface area contributed by atoms with Crippen molar-refractivity contribution in [1.29, 1.82) is 0 Å². The number of piperazine rings is 1. The second kappa shape index (κ2) is 10.4. The lowest BCUT2D eigenvalue weighted by molar-refractivity contribution is -0.121. The molecular formula is C26H37N3O5. The molecule has 1 aromatic heterocycles. The summed E-state index contributed by atoms with van der Waals surface area (Å²) < 4.78 is 16.3. The molecule has 2 aliphatic rings. The molecule has 4 rings (SSSR count). The van der Waals surface area contributed by atoms with E-state index in [0.29, 0.717) is 29.2 Å². The molecule has 2 heterocycles. The fourth-order valence-electron chi connectivity index (χ4n) is 5.55. The molecule has 186 valence electrons. The molecule has 2 aromatic rings. The number of amides is 1. The van der Waals surface area contributed by atoms with E-state index >= 15 is 0 Å². The summed E-state index contributed by atoms with van der Waals surface area (Å²) >= 11 is 0. The highest BCUT2D eigenvalue weighted by atomic mass is 16.5. The van der Waals surface area contributed by atoms with E-state index in [9.17, 15) is 9.59 Å². The lowest BCUT2D eigenvalue weighted by atomic mass is 9.79. The summed E-state index contributed by atoms with van der Waals surface area (Å²) in [5, 5.41) is 3.91. The minimum absolute atomic E-state index is 0.00271. The van der Waals surface area contributed by atoms with Gasteiger partial charge in [-0.05, 0) is 44.5 Å². The summed E-state index contributed by atoms with van der Waals surface area (Å²) in [7, 11) is 5.21. The summed E-state index contributed by atoms with van der Waals surface area (Å²) in [6, 6.07) is 3.61. The Bertz CT molecular complexity index is 1080. The first kappa shape index (κ1) is 24.5. The van der Waals surface area contributed by atoms with Crippen LogP contribution in [0.2, 0.25) is 0 Å². The minimum Gasteiger partial charge on any atom is -0.493 e. The SMILES string of the molecule is COc1ccc2c(C)c(CC(=O)NCC3(N4CCN(C)CC4)CCCCC3)c(=O)oc2c1OC. The molecule has 0 unspecified atom stereocenters. The van der Waals surface area contributed by atoms with Gasteiger partial charge in [-0.15, -0.1) is 0 Å². The number of nitrogens with one attached hydrogen (secondary N) is 1. The molecular weight excluding hydrogens is 434 g/mol. The number of nitrogens with zero attached hydrogens (tertiary/aromatic N) is 2. The van der Waals surface area contributed by atoms with E-state index in [1.165, 1.54) is 33.5 Å². The number of fused-ring (bicyclic) bond motifs is 1. The first-order chi connectivity index (χ1) is 16.4. The van der Waals surface area contributed by atoms with Gasteiger partial charge in [-0.2, -0.15) is 0 Å². The number of carbonyl (C=O) groups is 1. The Hall–Kier alpha value is -2.58. The van der Waals surface area contributed by atoms with Crippen LogP contribution >= 0.6 is 0 Å². The first-order valence-electron chi connectivity index (χ1n) is 12.3. The molecule has 1 saturated heterocycles. The number of rotatable bonds is 7. The van der Waals surface area contributed by atoms with Crippen LogP contribution < -0.4 is 20.4 Å². The van der Waals surface area contributed by atoms with E-state index in [1.54, 1.807) is 6.07 Å². The third kappa shape index (κ3) is 4.79. The normalized spacial score (nSPS) is 19.2. The fraction of sp³-hybridized carbons (Fsp3) is 0.615. The number of ether oxygens (including phenoxy) is 2. The number of carbonyl (C=O) groups excluding carboxylic acids is 1. The van der Waals surface area contributed by atoms with Gasteiger partial charge in [0, 0.05) is 43.6 Å². The van der Waals surface area contributed by atoms with Crippen LogP contribution in [0.5, 0.6) is 11.5 Å². The molecule has 1 aromatic carbocycles. The number of methoxy groups -OCH3 is 2. The number of hydrogen-bond donors (Lipinski definition) is 1. The Labute approximate surface area is 201 Å². The van der Waals surface area contributed by atoms with E-state index < -0.39 is 5.63 Å². The molecule has 0 radical (unpaired) electrons. The van der Waals surface area contributed by atoms with Gasteiger partial charge in [-0.1, -0.05) is 19.3 Å². The average molecular weight is 472 g/mol. The molecule has 34 heavy (non-hydrogen) atoms. The van der Waals surface area contributed by atoms with E-state index in [4.69, 9.17) is 13.9 Å². The van der Waals surface area contributed by atoms with Crippen molar-refractivity contribution in [1.82, 2.24) is 15.1 Å². The summed E-state index contributed by atoms with van der Waals surface area (Å²) in [6.45, 7) is 6.65. The zero-order valence-electron chi connectivity index (χ0n) is 20.9. The maximum absolute atomic E-state index is 13.0. The summed E-state index contributed by atoms with van der Waals surface area (Å²) in [4.78, 5) is 30.8. The van der Waals surface area contributed by atoms with Crippen LogP contribution in [0.25, 0.3) is 11.0 Å². The Kier molecular flexibility index (Phi) is 7.48. The predicted octanol–water partition coefficient (Wildman–Crippen LogP) is 2.73. The minimum atomic E-state index is -0.516. The van der Waals surface area contributed by atoms with Crippen molar-refractivity contribution >= 4 is 16.9 Å². The molecule has 1 N–H and O–H groups in total. The maximum atomic E-state index is 13.0. The van der Waals surface area contributed by atoms with Crippen LogP contribution in [0.1, 0.15) is 43.2 Å². The van der Waals surface area contributed by atoms with Crippen molar-refractivity contribution in [3.8, 4) is 11.5 Å². The summed E-state index contributed by atoms with van der Waals surface area (Å²) in [5.41, 5.74) is 0.952. The van der Waals surface area contributed by atoms with Crippen LogP contribution in [0.15, 0.2) is 21.3 Å². The first-order valence-corrected chi connectivity index (χ1v) is 12.3. The van der Waals surface area contributed by atoms with Gasteiger partial charge < -0.3 is 24.1 Å². The molecule has 2 fully saturated rings. The molecule has 8 heteroatoms. The number of hydrogen-bond acceptors (Lipinski definition) is 7. The van der Waals surface area contributed by atoms with Gasteiger partial charge in [0.1, 0.15) is 0 Å². The monoisotopic (exact) mass is 471 g/mol. The van der Waals surface area contributed by atoms with Gasteiger partial charge in [0.05, 0.1) is 26.2 Å². The van der Waals surface area contributed by atoms with Gasteiger partial charge >= 0.3 is 5.63 Å². The van der Waals surface area contributed by atoms with Crippen LogP contribution in [0.3, 0.4) is 0 Å². The van der Waals surface area contributed by atoms with Gasteiger partial charge in [0.2, 0.25) is 11.7 Å². The second-order valence-electron chi connectivity index (χ2n) is 9.70. The zero-order valence-corrected chi connectivity index (χ0v) is 20.9. The number of benzene rings is 1. The van der Waals surface area contributed by atoms with Crippen molar-refractivity contribution < 1.29 is 18.7 Å². The quantitative estimate of drug-likeness (QED) is 0.622. The Balaban J connectivity index is 1.52. The molecule has 1 saturated carbocycles. The molecule has 1 aliphatic heterocycles. The van der Waals surface area contributed by atoms with Crippen molar-refractivity contribution in [3.63, 3.8) is 0 Å². The van der Waals surface area contributed by atoms with Crippen LogP contribution in [-0.2, 0) is 11.2 Å². The molecule has 0 atom stereocenters. The third-order valence-electron chi connectivity index (χ3n) is 7.71. The highest BCUT2D eigenvalue weighted by Crippen LogP contribution is 2.37. The van der Waals surface area contributed by atoms with Crippen molar-refractivity contribution in [2.24, 2.45) is 0 Å². The fourth-order valence-corrected chi connectivity index (χ4v) is 5.55. The molecule has 1 amide bonds. The van der Waals surface area contributed by atoms with Crippen LogP contribution in [0.4, 0.5) is 0 Å². The average Bonchev–Trinajstić information content (AvgIpc) is 2.85. The number of aryl methyl sites for hydroxylation is 1. The van der Waals surface area contributed by atoms with Crippen LogP contribution in [-0.4, -0.2) is 75.2 Å². The molecule has 1 aliphatic carbocycles. The van der Waals surface area contributed by atoms with Gasteiger partial charge in [0.15, 0.2) is 11.3 Å². The summed E-state index contributed by atoms with van der Waals surface area (Å²) in [6.07, 6.45) is 5.86. The Morgan fingerprint density at radius 2 is 1.79 bits per heavy atom. The van der Waals surface area contributed by atoms with Gasteiger partial charge in [0.25, 0.3) is 0 Å². The lowest BCUT2D eigenvalue weighted by Gasteiger charge is -2.49. The van der Waals surface area contributed by atoms with Gasteiger partial charge in [-0.25, -0.2) is 4.79 Å². The highest BCUT2D eigenvalue weighted by molar-refractivity contribution is 5.89. The number of likely N-dealkylation sites (N-methyl/N-ethyl adjacent to an activating group) is 1. The highest BCUT2D eigenvalue weighted by Gasteiger charge is 2.39. The van der Waals surface area contributed by atoms with Crippen molar-refractivity contribution in [2.75, 3.05) is 54.0 Å². The van der Waals surface area contributed by atoms with E-state index in [0.717, 1.165) is 50.0 Å². The molecule has 0 spiro atoms. The summed E-state index contributed by atoms with van der Waals surface area (Å²) in [5.74, 6) is 0.724. The van der Waals surface area contributed by atoms with Crippen molar-refractivity contribution in [3.05, 3.63) is 33.7 Å². The largest absolute Gasteiger partial charge is 0.493 e. The maximum Gasteiger partial charge on any atom is 0.340 e. The Morgan fingerprint density at radius 3 is 2.44 bits per heavy atom. The lowest BCUT2D eigenvalue weighted by Crippen LogP contribution is -2.61. The predicted molar refractivity (Wildman–Crippen MR) is 132 cm³/mol. The zero-order chi connectivity index (χ0) is 24.3. The van der Waals surface area contributed by atoms with Crippen molar-refractivity contribution in [2.45, 2.75) is 51.0 Å².